The van der Waals surface area contributed by atoms with Crippen molar-refractivity contribution in [1.82, 2.24) is 0 Å². The molecule has 0 atom stereocenters. The first kappa shape index (κ1) is 11.9. The van der Waals surface area contributed by atoms with Crippen LogP contribution in [0.5, 0.6) is 0 Å². The van der Waals surface area contributed by atoms with E-state index < -0.39 is 0 Å². The summed E-state index contributed by atoms with van der Waals surface area (Å²) in [5.41, 5.74) is 12.2. The Hall–Kier alpha value is -1.57. The fourth-order valence-corrected chi connectivity index (χ4v) is 2.44. The molecule has 0 heterocycles. The molecule has 0 aliphatic heterocycles. The average Bonchev–Trinajstić information content (AvgIpc) is 2.39. The van der Waals surface area contributed by atoms with Crippen molar-refractivity contribution < 1.29 is 0 Å². The average molecular weight is 228 g/mol. The molecule has 0 spiro atoms. The Labute approximate surface area is 103 Å². The summed E-state index contributed by atoms with van der Waals surface area (Å²) in [5.74, 6) is 0.648. The zero-order chi connectivity index (χ0) is 12.4. The van der Waals surface area contributed by atoms with Crippen LogP contribution >= 0.6 is 0 Å². The van der Waals surface area contributed by atoms with E-state index in [-0.39, 0.29) is 0 Å². The maximum Gasteiger partial charge on any atom is 0.0961 e. The first-order valence-electron chi connectivity index (χ1n) is 6.18. The zero-order valence-corrected chi connectivity index (χ0v) is 10.9. The Morgan fingerprint density at radius 3 is 2.71 bits per heavy atom. The van der Waals surface area contributed by atoms with E-state index in [1.54, 1.807) is 0 Å². The van der Waals surface area contributed by atoms with Crippen molar-refractivity contribution in [2.24, 2.45) is 10.7 Å². The van der Waals surface area contributed by atoms with Crippen LogP contribution in [0.15, 0.2) is 28.9 Å². The van der Waals surface area contributed by atoms with Gasteiger partial charge < -0.3 is 5.73 Å². The van der Waals surface area contributed by atoms with Gasteiger partial charge in [-0.25, -0.2) is 4.99 Å². The number of allylic oxidation sites excluding steroid dienone is 2. The molecule has 2 N–H and O–H groups in total. The number of amidine groups is 1. The van der Waals surface area contributed by atoms with Crippen LogP contribution in [0.4, 0.5) is 0 Å². The van der Waals surface area contributed by atoms with Crippen LogP contribution in [-0.2, 0) is 6.42 Å². The predicted molar refractivity (Wildman–Crippen MR) is 74.0 cm³/mol. The lowest BCUT2D eigenvalue weighted by molar-refractivity contribution is 0.815. The Morgan fingerprint density at radius 2 is 2.00 bits per heavy atom. The van der Waals surface area contributed by atoms with Crippen molar-refractivity contribution in [1.29, 1.82) is 0 Å². The van der Waals surface area contributed by atoms with Gasteiger partial charge in [-0.1, -0.05) is 23.8 Å². The second-order valence-corrected chi connectivity index (χ2v) is 4.84. The van der Waals surface area contributed by atoms with E-state index in [0.29, 0.717) is 5.84 Å². The number of aliphatic imine (C=N–C) groups is 1. The molecule has 2 rings (SSSR count). The predicted octanol–water partition coefficient (Wildman–Crippen LogP) is 3.44. The second-order valence-electron chi connectivity index (χ2n) is 4.84. The number of hydrogen-bond acceptors (Lipinski definition) is 1. The molecule has 2 nitrogen and oxygen atoms in total. The minimum atomic E-state index is 0.648. The summed E-state index contributed by atoms with van der Waals surface area (Å²) >= 11 is 0. The van der Waals surface area contributed by atoms with Gasteiger partial charge in [0.1, 0.15) is 0 Å². The molecule has 17 heavy (non-hydrogen) atoms. The lowest BCUT2D eigenvalue weighted by Gasteiger charge is -2.09. The van der Waals surface area contributed by atoms with Crippen molar-refractivity contribution in [3.63, 3.8) is 0 Å². The third-order valence-electron chi connectivity index (χ3n) is 3.27. The van der Waals surface area contributed by atoms with Crippen LogP contribution in [-0.4, -0.2) is 5.84 Å². The Bertz CT molecular complexity index is 492. The minimum Gasteiger partial charge on any atom is -0.387 e. The van der Waals surface area contributed by atoms with Crippen molar-refractivity contribution in [3.8, 4) is 0 Å². The SMILES string of the molecule is CC1=C(/N=C(/C)N)CCCc2cc(C)ccc21. The fourth-order valence-electron chi connectivity index (χ4n) is 2.44. The van der Waals surface area contributed by atoms with Crippen LogP contribution in [0.2, 0.25) is 0 Å². The largest absolute Gasteiger partial charge is 0.387 e. The smallest absolute Gasteiger partial charge is 0.0961 e. The quantitative estimate of drug-likeness (QED) is 0.580. The van der Waals surface area contributed by atoms with E-state index in [1.807, 2.05) is 6.92 Å². The number of fused-ring (bicyclic) bond motifs is 1. The van der Waals surface area contributed by atoms with Crippen LogP contribution in [0.25, 0.3) is 5.57 Å². The molecule has 0 fully saturated rings. The Morgan fingerprint density at radius 1 is 1.24 bits per heavy atom. The standard InChI is InChI=1S/C15H20N2/c1-10-7-8-14-11(2)15(17-12(3)16)6-4-5-13(14)9-10/h7-9H,4-6H2,1-3H3,(H2,16,17). The van der Waals surface area contributed by atoms with E-state index in [4.69, 9.17) is 5.73 Å². The van der Waals surface area contributed by atoms with E-state index in [2.05, 4.69) is 37.0 Å². The maximum absolute atomic E-state index is 5.70. The van der Waals surface area contributed by atoms with Crippen molar-refractivity contribution >= 4 is 11.4 Å². The highest BCUT2D eigenvalue weighted by Gasteiger charge is 2.13. The lowest BCUT2D eigenvalue weighted by atomic mass is 9.98. The van der Waals surface area contributed by atoms with E-state index in [9.17, 15) is 0 Å². The highest BCUT2D eigenvalue weighted by Crippen LogP contribution is 2.31. The van der Waals surface area contributed by atoms with Gasteiger partial charge in [0.15, 0.2) is 0 Å². The summed E-state index contributed by atoms with van der Waals surface area (Å²) in [6.45, 7) is 6.15. The van der Waals surface area contributed by atoms with E-state index >= 15 is 0 Å². The number of aryl methyl sites for hydroxylation is 2. The monoisotopic (exact) mass is 228 g/mol. The molecular weight excluding hydrogens is 208 g/mol. The molecular formula is C15H20N2. The summed E-state index contributed by atoms with van der Waals surface area (Å²) in [5, 5.41) is 0. The zero-order valence-electron chi connectivity index (χ0n) is 10.9. The normalized spacial score (nSPS) is 16.8. The summed E-state index contributed by atoms with van der Waals surface area (Å²) in [6, 6.07) is 6.68. The molecule has 1 aromatic rings. The Kier molecular flexibility index (Phi) is 3.32. The van der Waals surface area contributed by atoms with Gasteiger partial charge in [0, 0.05) is 5.70 Å². The van der Waals surface area contributed by atoms with Gasteiger partial charge in [0.25, 0.3) is 0 Å². The number of rotatable bonds is 1. The number of nitrogens with two attached hydrogens (primary N) is 1. The van der Waals surface area contributed by atoms with Crippen molar-refractivity contribution in [2.75, 3.05) is 0 Å². The molecule has 0 radical (unpaired) electrons. The molecule has 1 aliphatic carbocycles. The van der Waals surface area contributed by atoms with Crippen LogP contribution in [0.1, 0.15) is 43.4 Å². The molecule has 90 valence electrons. The maximum atomic E-state index is 5.70. The second kappa shape index (κ2) is 4.74. The highest BCUT2D eigenvalue weighted by molar-refractivity contribution is 5.81. The van der Waals surface area contributed by atoms with Gasteiger partial charge in [0.05, 0.1) is 5.84 Å². The summed E-state index contributed by atoms with van der Waals surface area (Å²) < 4.78 is 0. The summed E-state index contributed by atoms with van der Waals surface area (Å²) in [7, 11) is 0. The van der Waals surface area contributed by atoms with Gasteiger partial charge in [-0.2, -0.15) is 0 Å². The van der Waals surface area contributed by atoms with E-state index in [0.717, 1.165) is 25.0 Å². The topological polar surface area (TPSA) is 38.4 Å². The third-order valence-corrected chi connectivity index (χ3v) is 3.27. The third kappa shape index (κ3) is 2.57. The molecule has 1 aromatic carbocycles. The van der Waals surface area contributed by atoms with Gasteiger partial charge in [-0.05, 0) is 56.7 Å². The molecule has 0 aromatic heterocycles. The summed E-state index contributed by atoms with van der Waals surface area (Å²) in [4.78, 5) is 4.47. The molecule has 1 aliphatic rings. The first-order valence-corrected chi connectivity index (χ1v) is 6.18. The Balaban J connectivity index is 2.53. The van der Waals surface area contributed by atoms with E-state index in [1.165, 1.54) is 22.3 Å². The number of hydrogen-bond donors (Lipinski definition) is 1. The van der Waals surface area contributed by atoms with Crippen molar-refractivity contribution in [3.05, 3.63) is 40.6 Å². The van der Waals surface area contributed by atoms with Gasteiger partial charge >= 0.3 is 0 Å². The molecule has 0 bridgehead atoms. The summed E-state index contributed by atoms with van der Waals surface area (Å²) in [6.07, 6.45) is 3.31. The lowest BCUT2D eigenvalue weighted by Crippen LogP contribution is -2.05. The molecule has 0 saturated heterocycles. The molecule has 0 unspecified atom stereocenters. The molecule has 2 heteroatoms. The van der Waals surface area contributed by atoms with Gasteiger partial charge in [0.2, 0.25) is 0 Å². The number of nitrogens with zero attached hydrogens (tertiary/aromatic N) is 1. The van der Waals surface area contributed by atoms with Gasteiger partial charge in [-0.3, -0.25) is 0 Å². The number of benzene rings is 1. The fraction of sp³-hybridized carbons (Fsp3) is 0.400. The van der Waals surface area contributed by atoms with Crippen LogP contribution < -0.4 is 5.73 Å². The molecule has 0 saturated carbocycles. The minimum absolute atomic E-state index is 0.648. The van der Waals surface area contributed by atoms with Crippen molar-refractivity contribution in [2.45, 2.75) is 40.0 Å². The van der Waals surface area contributed by atoms with Crippen LogP contribution in [0.3, 0.4) is 0 Å². The first-order chi connectivity index (χ1) is 8.08. The highest BCUT2D eigenvalue weighted by atomic mass is 14.9. The van der Waals surface area contributed by atoms with Gasteiger partial charge in [-0.15, -0.1) is 0 Å². The molecule has 0 amide bonds. The van der Waals surface area contributed by atoms with Crippen LogP contribution in [0, 0.1) is 6.92 Å².